The minimum absolute atomic E-state index is 0.0319. The molecule has 0 saturated carbocycles. The summed E-state index contributed by atoms with van der Waals surface area (Å²) in [6.07, 6.45) is 0.898. The topological polar surface area (TPSA) is 66.4 Å². The first-order valence-corrected chi connectivity index (χ1v) is 5.27. The molecular weight excluding hydrogens is 206 g/mol. The number of rotatable bonds is 3. The first kappa shape index (κ1) is 10.7. The van der Waals surface area contributed by atoms with Crippen molar-refractivity contribution in [3.8, 4) is 0 Å². The molecule has 0 spiro atoms. The molecule has 84 valence electrons. The Bertz CT molecular complexity index is 454. The van der Waals surface area contributed by atoms with Gasteiger partial charge in [-0.15, -0.1) is 0 Å². The summed E-state index contributed by atoms with van der Waals surface area (Å²) in [7, 11) is 0. The Balaban J connectivity index is 2.35. The van der Waals surface area contributed by atoms with E-state index < -0.39 is 11.9 Å². The van der Waals surface area contributed by atoms with Gasteiger partial charge in [-0.3, -0.25) is 9.59 Å². The summed E-state index contributed by atoms with van der Waals surface area (Å²) < 4.78 is 0. The van der Waals surface area contributed by atoms with Gasteiger partial charge >= 0.3 is 5.97 Å². The summed E-state index contributed by atoms with van der Waals surface area (Å²) in [6, 6.07) is 5.36. The second-order valence-electron chi connectivity index (χ2n) is 3.94. The molecule has 1 unspecified atom stereocenters. The summed E-state index contributed by atoms with van der Waals surface area (Å²) in [5.74, 6) is -1.34. The molecule has 1 amide bonds. The molecule has 0 radical (unpaired) electrons. The third-order valence-corrected chi connectivity index (χ3v) is 2.86. The standard InChI is InChI=1S/C12H13NO3/c1-2-9(12(15)16)7-3-4-10-8(5-7)6-11(14)13-10/h3-5,9H,2,6H2,1H3,(H,13,14)(H,15,16). The van der Waals surface area contributed by atoms with Gasteiger partial charge in [0.05, 0.1) is 12.3 Å². The number of hydrogen-bond donors (Lipinski definition) is 2. The highest BCUT2D eigenvalue weighted by Crippen LogP contribution is 2.28. The van der Waals surface area contributed by atoms with Crippen molar-refractivity contribution in [2.45, 2.75) is 25.7 Å². The van der Waals surface area contributed by atoms with Gasteiger partial charge in [0.2, 0.25) is 5.91 Å². The van der Waals surface area contributed by atoms with Crippen molar-refractivity contribution in [2.75, 3.05) is 5.32 Å². The highest BCUT2D eigenvalue weighted by atomic mass is 16.4. The third kappa shape index (κ3) is 1.78. The monoisotopic (exact) mass is 219 g/mol. The van der Waals surface area contributed by atoms with Gasteiger partial charge in [0.1, 0.15) is 0 Å². The Hall–Kier alpha value is -1.84. The van der Waals surface area contributed by atoms with Gasteiger partial charge in [0.25, 0.3) is 0 Å². The van der Waals surface area contributed by atoms with Crippen molar-refractivity contribution < 1.29 is 14.7 Å². The molecule has 2 N–H and O–H groups in total. The Morgan fingerprint density at radius 1 is 1.56 bits per heavy atom. The van der Waals surface area contributed by atoms with Crippen LogP contribution in [0.5, 0.6) is 0 Å². The van der Waals surface area contributed by atoms with Crippen molar-refractivity contribution in [3.05, 3.63) is 29.3 Å². The number of anilines is 1. The van der Waals surface area contributed by atoms with E-state index in [1.807, 2.05) is 13.0 Å². The van der Waals surface area contributed by atoms with Gasteiger partial charge in [-0.1, -0.05) is 19.1 Å². The Kier molecular flexibility index (Phi) is 2.64. The van der Waals surface area contributed by atoms with Crippen LogP contribution in [0, 0.1) is 0 Å². The largest absolute Gasteiger partial charge is 0.481 e. The van der Waals surface area contributed by atoms with Crippen molar-refractivity contribution in [1.82, 2.24) is 0 Å². The Morgan fingerprint density at radius 3 is 2.94 bits per heavy atom. The molecular formula is C12H13NO3. The van der Waals surface area contributed by atoms with Crippen LogP contribution in [0.15, 0.2) is 18.2 Å². The second kappa shape index (κ2) is 3.96. The first-order valence-electron chi connectivity index (χ1n) is 5.27. The first-order chi connectivity index (χ1) is 7.61. The van der Waals surface area contributed by atoms with Crippen LogP contribution in [-0.2, 0) is 16.0 Å². The lowest BCUT2D eigenvalue weighted by Crippen LogP contribution is -2.10. The van der Waals surface area contributed by atoms with Crippen LogP contribution < -0.4 is 5.32 Å². The van der Waals surface area contributed by atoms with Gasteiger partial charge < -0.3 is 10.4 Å². The third-order valence-electron chi connectivity index (χ3n) is 2.86. The van der Waals surface area contributed by atoms with E-state index >= 15 is 0 Å². The molecule has 1 aromatic rings. The molecule has 1 aliphatic heterocycles. The molecule has 0 bridgehead atoms. The number of aliphatic carboxylic acids is 1. The van der Waals surface area contributed by atoms with E-state index in [2.05, 4.69) is 5.32 Å². The number of hydrogen-bond acceptors (Lipinski definition) is 2. The SMILES string of the molecule is CCC(C(=O)O)c1ccc2c(c1)CC(=O)N2. The molecule has 1 aromatic carbocycles. The molecule has 4 heteroatoms. The van der Waals surface area contributed by atoms with Crippen LogP contribution in [0.4, 0.5) is 5.69 Å². The average Bonchev–Trinajstić information content (AvgIpc) is 2.57. The predicted molar refractivity (Wildman–Crippen MR) is 59.4 cm³/mol. The van der Waals surface area contributed by atoms with Crippen LogP contribution >= 0.6 is 0 Å². The van der Waals surface area contributed by atoms with Crippen LogP contribution in [0.25, 0.3) is 0 Å². The summed E-state index contributed by atoms with van der Waals surface area (Å²) >= 11 is 0. The highest BCUT2D eigenvalue weighted by Gasteiger charge is 2.22. The van der Waals surface area contributed by atoms with Crippen LogP contribution in [0.1, 0.15) is 30.4 Å². The summed E-state index contributed by atoms with van der Waals surface area (Å²) in [5, 5.41) is 11.8. The van der Waals surface area contributed by atoms with Gasteiger partial charge in [-0.05, 0) is 23.6 Å². The smallest absolute Gasteiger partial charge is 0.310 e. The van der Waals surface area contributed by atoms with Gasteiger partial charge in [0, 0.05) is 5.69 Å². The van der Waals surface area contributed by atoms with Gasteiger partial charge in [-0.2, -0.15) is 0 Å². The number of amides is 1. The fourth-order valence-electron chi connectivity index (χ4n) is 2.02. The normalized spacial score (nSPS) is 15.4. The Labute approximate surface area is 93.3 Å². The van der Waals surface area contributed by atoms with E-state index in [-0.39, 0.29) is 5.91 Å². The number of nitrogens with one attached hydrogen (secondary N) is 1. The number of fused-ring (bicyclic) bond motifs is 1. The molecule has 1 heterocycles. The van der Waals surface area contributed by atoms with Gasteiger partial charge in [0.15, 0.2) is 0 Å². The quantitative estimate of drug-likeness (QED) is 0.814. The van der Waals surface area contributed by atoms with E-state index in [0.717, 1.165) is 16.8 Å². The lowest BCUT2D eigenvalue weighted by Gasteiger charge is -2.11. The van der Waals surface area contributed by atoms with Crippen molar-refractivity contribution in [3.63, 3.8) is 0 Å². The van der Waals surface area contributed by atoms with E-state index in [9.17, 15) is 9.59 Å². The number of benzene rings is 1. The van der Waals surface area contributed by atoms with E-state index in [1.54, 1.807) is 12.1 Å². The zero-order valence-corrected chi connectivity index (χ0v) is 8.99. The molecule has 0 aromatic heterocycles. The maximum atomic E-state index is 11.2. The second-order valence-corrected chi connectivity index (χ2v) is 3.94. The van der Waals surface area contributed by atoms with E-state index in [4.69, 9.17) is 5.11 Å². The number of carbonyl (C=O) groups excluding carboxylic acids is 1. The molecule has 1 atom stereocenters. The molecule has 0 fully saturated rings. The van der Waals surface area contributed by atoms with E-state index in [0.29, 0.717) is 12.8 Å². The number of carboxylic acid groups (broad SMARTS) is 1. The molecule has 0 saturated heterocycles. The molecule has 4 nitrogen and oxygen atoms in total. The predicted octanol–water partition coefficient (Wildman–Crippen LogP) is 1.76. The summed E-state index contributed by atoms with van der Waals surface area (Å²) in [5.41, 5.74) is 2.46. The highest BCUT2D eigenvalue weighted by molar-refractivity contribution is 5.99. The van der Waals surface area contributed by atoms with Crippen molar-refractivity contribution in [1.29, 1.82) is 0 Å². The Morgan fingerprint density at radius 2 is 2.31 bits per heavy atom. The summed E-state index contributed by atoms with van der Waals surface area (Å²) in [4.78, 5) is 22.2. The molecule has 1 aliphatic rings. The lowest BCUT2D eigenvalue weighted by atomic mass is 9.94. The van der Waals surface area contributed by atoms with Crippen LogP contribution in [0.3, 0.4) is 0 Å². The lowest BCUT2D eigenvalue weighted by molar-refractivity contribution is -0.138. The maximum absolute atomic E-state index is 11.2. The zero-order chi connectivity index (χ0) is 11.7. The van der Waals surface area contributed by atoms with Crippen molar-refractivity contribution >= 4 is 17.6 Å². The molecule has 0 aliphatic carbocycles. The fourth-order valence-corrected chi connectivity index (χ4v) is 2.02. The zero-order valence-electron chi connectivity index (χ0n) is 8.99. The van der Waals surface area contributed by atoms with Crippen molar-refractivity contribution in [2.24, 2.45) is 0 Å². The molecule has 16 heavy (non-hydrogen) atoms. The van der Waals surface area contributed by atoms with E-state index in [1.165, 1.54) is 0 Å². The summed E-state index contributed by atoms with van der Waals surface area (Å²) in [6.45, 7) is 1.84. The molecule has 2 rings (SSSR count). The minimum Gasteiger partial charge on any atom is -0.481 e. The number of carboxylic acids is 1. The van der Waals surface area contributed by atoms with Gasteiger partial charge in [-0.25, -0.2) is 0 Å². The fraction of sp³-hybridized carbons (Fsp3) is 0.333. The number of carbonyl (C=O) groups is 2. The van der Waals surface area contributed by atoms with Crippen LogP contribution in [-0.4, -0.2) is 17.0 Å². The minimum atomic E-state index is -0.820. The average molecular weight is 219 g/mol. The van der Waals surface area contributed by atoms with Crippen LogP contribution in [0.2, 0.25) is 0 Å². The maximum Gasteiger partial charge on any atom is 0.310 e.